The van der Waals surface area contributed by atoms with Crippen LogP contribution < -0.4 is 16.4 Å². The minimum Gasteiger partial charge on any atom is -0.399 e. The van der Waals surface area contributed by atoms with Crippen molar-refractivity contribution in [1.82, 2.24) is 20.2 Å². The number of amides is 3. The second-order valence-corrected chi connectivity index (χ2v) is 17.7. The van der Waals surface area contributed by atoms with Crippen LogP contribution >= 0.6 is 0 Å². The molecule has 0 spiro atoms. The van der Waals surface area contributed by atoms with E-state index in [9.17, 15) is 9.59 Å². The molecule has 2 aromatic carbocycles. The van der Waals surface area contributed by atoms with Gasteiger partial charge in [0, 0.05) is 36.7 Å². The summed E-state index contributed by atoms with van der Waals surface area (Å²) in [5, 5.41) is 6.31. The minimum absolute atomic E-state index is 0.0340. The molecule has 0 bridgehead atoms. The van der Waals surface area contributed by atoms with Gasteiger partial charge in [-0.15, -0.1) is 0 Å². The van der Waals surface area contributed by atoms with Crippen LogP contribution in [0.15, 0.2) is 48.9 Å². The smallest absolute Gasteiger partial charge is 0.241 e. The Balaban J connectivity index is 1.16. The summed E-state index contributed by atoms with van der Waals surface area (Å²) in [6.45, 7) is 11.2. The number of nitrogens with two attached hydrogens (primary N) is 1. The number of rotatable bonds is 7. The Morgan fingerprint density at radius 1 is 0.923 bits per heavy atom. The van der Waals surface area contributed by atoms with Gasteiger partial charge in [-0.1, -0.05) is 59.6 Å². The fraction of sp³-hybridized carbons (Fsp3) is 0.581. The van der Waals surface area contributed by atoms with Crippen LogP contribution in [0.3, 0.4) is 0 Å². The monoisotopic (exact) mass is 706 g/mol. The van der Waals surface area contributed by atoms with Crippen LogP contribution in [0.2, 0.25) is 0 Å². The molecule has 52 heavy (non-hydrogen) atoms. The Morgan fingerprint density at radius 2 is 1.65 bits per heavy atom. The van der Waals surface area contributed by atoms with Gasteiger partial charge in [0.15, 0.2) is 0 Å². The second kappa shape index (κ2) is 12.9. The number of nitrogens with one attached hydrogen (secondary N) is 3. The molecule has 9 nitrogen and oxygen atoms in total. The predicted octanol–water partition coefficient (Wildman–Crippen LogP) is 6.86. The Hall–Kier alpha value is -3.98. The molecule has 278 valence electrons. The third-order valence-corrected chi connectivity index (χ3v) is 15.3. The molecule has 3 aromatic rings. The number of nitrogens with zero attached hydrogens (tertiary/aromatic N) is 2. The number of carbonyl (C=O) groups excluding carboxylic acids is 3. The first-order chi connectivity index (χ1) is 24.6. The Morgan fingerprint density at radius 3 is 2.38 bits per heavy atom. The Labute approximate surface area is 309 Å². The molecule has 0 unspecified atom stereocenters. The number of H-pyrrole nitrogens is 1. The van der Waals surface area contributed by atoms with Gasteiger partial charge in [-0.25, -0.2) is 4.98 Å². The molecular weight excluding hydrogens is 649 g/mol. The third-order valence-electron chi connectivity index (χ3n) is 15.3. The molecule has 7 atom stereocenters. The van der Waals surface area contributed by atoms with E-state index in [1.807, 2.05) is 12.1 Å². The molecule has 1 heterocycles. The summed E-state index contributed by atoms with van der Waals surface area (Å²) in [5.74, 6) is -0.0680. The topological polar surface area (TPSA) is 133 Å². The van der Waals surface area contributed by atoms with Gasteiger partial charge in [0.1, 0.15) is 0 Å². The summed E-state index contributed by atoms with van der Waals surface area (Å²) in [7, 11) is 3.54. The Kier molecular flexibility index (Phi) is 8.99. The van der Waals surface area contributed by atoms with Gasteiger partial charge >= 0.3 is 0 Å². The molecule has 1 aromatic heterocycles. The number of fused-ring (bicyclic) bond motifs is 6. The average Bonchev–Trinajstić information content (AvgIpc) is 3.64. The number of aromatic amines is 1. The number of aromatic nitrogens is 2. The van der Waals surface area contributed by atoms with Crippen LogP contribution in [0.25, 0.3) is 0 Å². The van der Waals surface area contributed by atoms with Crippen molar-refractivity contribution in [3.8, 4) is 0 Å². The molecule has 2 fully saturated rings. The number of anilines is 2. The zero-order chi connectivity index (χ0) is 37.3. The van der Waals surface area contributed by atoms with Crippen LogP contribution in [0, 0.1) is 22.2 Å². The zero-order valence-corrected chi connectivity index (χ0v) is 32.2. The molecule has 2 saturated carbocycles. The molecule has 3 amide bonds. The highest BCUT2D eigenvalue weighted by atomic mass is 16.2. The van der Waals surface area contributed by atoms with Crippen molar-refractivity contribution in [2.45, 2.75) is 122 Å². The van der Waals surface area contributed by atoms with Crippen molar-refractivity contribution in [1.29, 1.82) is 0 Å². The van der Waals surface area contributed by atoms with E-state index in [1.54, 1.807) is 31.5 Å². The third kappa shape index (κ3) is 5.35. The van der Waals surface area contributed by atoms with E-state index in [2.05, 4.69) is 79.5 Å². The first-order valence-electron chi connectivity index (χ1n) is 19.4. The van der Waals surface area contributed by atoms with E-state index in [0.717, 1.165) is 81.3 Å². The standard InChI is InChI=1S/C43H58N6O3/c1-39-17-8-18-40(2,35(39)15-12-27-10-13-29(44)22-32(27)39)37(51)49(7)38(52)42(4)20-9-19-41(3)33-23-30(14-11-28(33)16-21-43(41,42)5)48-36(50)34(45-6)24-31-25-46-26-47-31/h10-11,13-14,22-23,25-26,34-35,45H,8-9,12,15-21,24,44H2,1-7H3,(H,46,47)(H,48,50)/t34-,35+,39+,40-,41+,42+,43+/m0/s1. The zero-order valence-electron chi connectivity index (χ0n) is 32.2. The second-order valence-electron chi connectivity index (χ2n) is 17.7. The summed E-state index contributed by atoms with van der Waals surface area (Å²) < 4.78 is 0. The van der Waals surface area contributed by atoms with E-state index in [1.165, 1.54) is 22.3 Å². The SMILES string of the molecule is CN[C@@H](Cc1cnc[nH]1)C(=O)Nc1ccc2c(c1)[C@@]1(C)CCC[C@](C)(C(=O)N(C)C(=O)[C@@]3(C)CCC[C@]4(C)c5cc(N)ccc5CC[C@@H]34)[C@]1(C)CC2. The van der Waals surface area contributed by atoms with Gasteiger partial charge in [0.05, 0.1) is 23.2 Å². The first-order valence-corrected chi connectivity index (χ1v) is 19.4. The quantitative estimate of drug-likeness (QED) is 0.157. The largest absolute Gasteiger partial charge is 0.399 e. The molecule has 9 heteroatoms. The van der Waals surface area contributed by atoms with Crippen LogP contribution in [0.1, 0.15) is 114 Å². The lowest BCUT2D eigenvalue weighted by atomic mass is 9.41. The lowest BCUT2D eigenvalue weighted by molar-refractivity contribution is -0.171. The number of hydrogen-bond donors (Lipinski definition) is 4. The number of carbonyl (C=O) groups is 3. The highest BCUT2D eigenvalue weighted by Crippen LogP contribution is 2.66. The van der Waals surface area contributed by atoms with Crippen molar-refractivity contribution >= 4 is 29.1 Å². The van der Waals surface area contributed by atoms with E-state index in [-0.39, 0.29) is 34.5 Å². The van der Waals surface area contributed by atoms with E-state index in [4.69, 9.17) is 5.73 Å². The average molecular weight is 707 g/mol. The summed E-state index contributed by atoms with van der Waals surface area (Å²) in [6, 6.07) is 12.2. The van der Waals surface area contributed by atoms with Crippen molar-refractivity contribution in [2.24, 2.45) is 22.2 Å². The van der Waals surface area contributed by atoms with Crippen LogP contribution in [0.4, 0.5) is 11.4 Å². The molecule has 5 N–H and O–H groups in total. The van der Waals surface area contributed by atoms with Gasteiger partial charge in [0.25, 0.3) is 0 Å². The van der Waals surface area contributed by atoms with Gasteiger partial charge in [-0.05, 0) is 127 Å². The number of imide groups is 1. The molecule has 4 aliphatic carbocycles. The summed E-state index contributed by atoms with van der Waals surface area (Å²) >= 11 is 0. The fourth-order valence-electron chi connectivity index (χ4n) is 11.8. The van der Waals surface area contributed by atoms with Crippen LogP contribution in [-0.4, -0.2) is 52.7 Å². The maximum Gasteiger partial charge on any atom is 0.241 e. The summed E-state index contributed by atoms with van der Waals surface area (Å²) in [5.41, 5.74) is 11.5. The maximum atomic E-state index is 15.1. The fourth-order valence-corrected chi connectivity index (χ4v) is 11.8. The van der Waals surface area contributed by atoms with E-state index >= 15 is 4.79 Å². The number of imidazole rings is 1. The van der Waals surface area contributed by atoms with Crippen molar-refractivity contribution < 1.29 is 14.4 Å². The van der Waals surface area contributed by atoms with Crippen molar-refractivity contribution in [3.05, 3.63) is 76.9 Å². The number of hydrogen-bond acceptors (Lipinski definition) is 6. The van der Waals surface area contributed by atoms with E-state index in [0.29, 0.717) is 6.42 Å². The van der Waals surface area contributed by atoms with Gasteiger partial charge in [-0.3, -0.25) is 19.3 Å². The highest BCUT2D eigenvalue weighted by Gasteiger charge is 2.65. The molecule has 4 aliphatic rings. The number of nitrogen functional groups attached to an aromatic ring is 1. The summed E-state index contributed by atoms with van der Waals surface area (Å²) in [4.78, 5) is 52.2. The van der Waals surface area contributed by atoms with Gasteiger partial charge in [0.2, 0.25) is 17.7 Å². The molecule has 0 radical (unpaired) electrons. The first kappa shape index (κ1) is 36.4. The Bertz CT molecular complexity index is 1890. The maximum absolute atomic E-state index is 15.1. The minimum atomic E-state index is -0.745. The molecular formula is C43H58N6O3. The van der Waals surface area contributed by atoms with Crippen LogP contribution in [0.5, 0.6) is 0 Å². The normalized spacial score (nSPS) is 32.7. The lowest BCUT2D eigenvalue weighted by Crippen LogP contribution is -2.64. The highest BCUT2D eigenvalue weighted by molar-refractivity contribution is 6.01. The molecule has 0 saturated heterocycles. The lowest BCUT2D eigenvalue weighted by Gasteiger charge is -2.63. The predicted molar refractivity (Wildman–Crippen MR) is 206 cm³/mol. The number of aryl methyl sites for hydroxylation is 2. The summed E-state index contributed by atoms with van der Waals surface area (Å²) in [6.07, 6.45) is 12.7. The van der Waals surface area contributed by atoms with Crippen molar-refractivity contribution in [2.75, 3.05) is 25.1 Å². The number of benzene rings is 2. The molecule has 0 aliphatic heterocycles. The van der Waals surface area contributed by atoms with Gasteiger partial charge < -0.3 is 21.4 Å². The van der Waals surface area contributed by atoms with Crippen LogP contribution in [-0.2, 0) is 44.5 Å². The van der Waals surface area contributed by atoms with Crippen molar-refractivity contribution in [3.63, 3.8) is 0 Å². The molecule has 7 rings (SSSR count). The number of likely N-dealkylation sites (N-methyl/N-ethyl adjacent to an activating group) is 1. The van der Waals surface area contributed by atoms with Gasteiger partial charge in [-0.2, -0.15) is 0 Å². The van der Waals surface area contributed by atoms with E-state index < -0.39 is 22.3 Å².